The molecule has 90 valence electrons. The van der Waals surface area contributed by atoms with Gasteiger partial charge in [-0.3, -0.25) is 4.79 Å². The summed E-state index contributed by atoms with van der Waals surface area (Å²) >= 11 is 0. The molecular formula is C10H10FN3O3. The van der Waals surface area contributed by atoms with Gasteiger partial charge in [0.15, 0.2) is 0 Å². The highest BCUT2D eigenvalue weighted by Crippen LogP contribution is 2.19. The Balaban J connectivity index is 2.37. The van der Waals surface area contributed by atoms with E-state index in [2.05, 4.69) is 10.3 Å². The number of aromatic carboxylic acids is 1. The van der Waals surface area contributed by atoms with Gasteiger partial charge in [-0.1, -0.05) is 0 Å². The van der Waals surface area contributed by atoms with Crippen molar-refractivity contribution in [3.05, 3.63) is 23.6 Å². The first-order valence-electron chi connectivity index (χ1n) is 4.98. The molecule has 0 unspecified atom stereocenters. The number of carbonyl (C=O) groups is 2. The number of carbonyl (C=O) groups excluding carboxylic acids is 1. The number of carboxylic acid groups (broad SMARTS) is 1. The topological polar surface area (TPSA) is 82.5 Å². The minimum atomic E-state index is -1.27. The lowest BCUT2D eigenvalue weighted by Crippen LogP contribution is -2.48. The lowest BCUT2D eigenvalue weighted by atomic mass is 10.2. The number of halogens is 1. The van der Waals surface area contributed by atoms with Crippen LogP contribution in [-0.4, -0.2) is 41.6 Å². The van der Waals surface area contributed by atoms with Crippen molar-refractivity contribution in [1.82, 2.24) is 10.3 Å². The monoisotopic (exact) mass is 239 g/mol. The van der Waals surface area contributed by atoms with Crippen LogP contribution >= 0.6 is 0 Å². The number of hydrogen-bond donors (Lipinski definition) is 2. The van der Waals surface area contributed by atoms with Crippen molar-refractivity contribution in [3.63, 3.8) is 0 Å². The number of nitrogens with one attached hydrogen (secondary N) is 1. The Morgan fingerprint density at radius 3 is 3.00 bits per heavy atom. The standard InChI is InChI=1S/C10H10FN3O3/c11-6-3-7(10(16)17)9(13-4-6)14-2-1-12-8(15)5-14/h3-4H,1-2,5H2,(H,12,15)(H,16,17). The van der Waals surface area contributed by atoms with E-state index in [1.165, 1.54) is 4.90 Å². The molecule has 0 saturated carbocycles. The van der Waals surface area contributed by atoms with Crippen LogP contribution in [0.4, 0.5) is 10.2 Å². The first-order valence-corrected chi connectivity index (χ1v) is 4.98. The van der Waals surface area contributed by atoms with Crippen LogP contribution < -0.4 is 10.2 Å². The van der Waals surface area contributed by atoms with Crippen molar-refractivity contribution < 1.29 is 19.1 Å². The molecule has 2 heterocycles. The van der Waals surface area contributed by atoms with Crippen molar-refractivity contribution in [3.8, 4) is 0 Å². The van der Waals surface area contributed by atoms with E-state index in [0.29, 0.717) is 13.1 Å². The Morgan fingerprint density at radius 1 is 1.59 bits per heavy atom. The van der Waals surface area contributed by atoms with Crippen LogP contribution in [0.5, 0.6) is 0 Å². The number of anilines is 1. The second-order valence-corrected chi connectivity index (χ2v) is 3.60. The number of piperazine rings is 1. The molecule has 1 amide bonds. The zero-order valence-electron chi connectivity index (χ0n) is 8.81. The molecule has 0 atom stereocenters. The molecule has 6 nitrogen and oxygen atoms in total. The molecule has 17 heavy (non-hydrogen) atoms. The minimum absolute atomic E-state index is 0.0267. The Bertz CT molecular complexity index is 478. The third-order valence-corrected chi connectivity index (χ3v) is 2.40. The van der Waals surface area contributed by atoms with Crippen LogP contribution in [0.1, 0.15) is 10.4 Å². The Labute approximate surface area is 96.1 Å². The van der Waals surface area contributed by atoms with Crippen LogP contribution in [0.25, 0.3) is 0 Å². The van der Waals surface area contributed by atoms with Gasteiger partial charge in [-0.05, 0) is 6.07 Å². The maximum absolute atomic E-state index is 12.9. The van der Waals surface area contributed by atoms with Crippen molar-refractivity contribution >= 4 is 17.7 Å². The molecule has 2 N–H and O–H groups in total. The fraction of sp³-hybridized carbons (Fsp3) is 0.300. The van der Waals surface area contributed by atoms with E-state index < -0.39 is 11.8 Å². The van der Waals surface area contributed by atoms with Gasteiger partial charge in [0, 0.05) is 13.1 Å². The van der Waals surface area contributed by atoms with E-state index in [0.717, 1.165) is 12.3 Å². The number of carboxylic acids is 1. The summed E-state index contributed by atoms with van der Waals surface area (Å²) in [6.45, 7) is 0.889. The molecule has 0 radical (unpaired) electrons. The Hall–Kier alpha value is -2.18. The third-order valence-electron chi connectivity index (χ3n) is 2.40. The average Bonchev–Trinajstić information content (AvgIpc) is 2.28. The third kappa shape index (κ3) is 2.32. The Kier molecular flexibility index (Phi) is 2.90. The van der Waals surface area contributed by atoms with Gasteiger partial charge in [0.25, 0.3) is 0 Å². The quantitative estimate of drug-likeness (QED) is 0.750. The smallest absolute Gasteiger partial charge is 0.339 e. The predicted octanol–water partition coefficient (Wildman–Crippen LogP) is -0.145. The SMILES string of the molecule is O=C1CN(c2ncc(F)cc2C(=O)O)CCN1. The first-order chi connectivity index (χ1) is 8.08. The lowest BCUT2D eigenvalue weighted by molar-refractivity contribution is -0.120. The summed E-state index contributed by atoms with van der Waals surface area (Å²) in [5.41, 5.74) is -0.236. The number of nitrogens with zero attached hydrogens (tertiary/aromatic N) is 2. The van der Waals surface area contributed by atoms with Crippen molar-refractivity contribution in [2.24, 2.45) is 0 Å². The number of pyridine rings is 1. The highest BCUT2D eigenvalue weighted by atomic mass is 19.1. The van der Waals surface area contributed by atoms with Crippen molar-refractivity contribution in [2.45, 2.75) is 0 Å². The van der Waals surface area contributed by atoms with E-state index in [1.807, 2.05) is 0 Å². The summed E-state index contributed by atoms with van der Waals surface area (Å²) in [5.74, 6) is -2.07. The Morgan fingerprint density at radius 2 is 2.35 bits per heavy atom. The molecule has 2 rings (SSSR count). The van der Waals surface area contributed by atoms with E-state index in [4.69, 9.17) is 5.11 Å². The zero-order chi connectivity index (χ0) is 12.4. The number of rotatable bonds is 2. The summed E-state index contributed by atoms with van der Waals surface area (Å²) in [7, 11) is 0. The molecule has 0 aliphatic carbocycles. The number of aromatic nitrogens is 1. The molecule has 1 fully saturated rings. The maximum atomic E-state index is 12.9. The molecule has 1 aliphatic heterocycles. The normalized spacial score (nSPS) is 15.6. The molecular weight excluding hydrogens is 229 g/mol. The fourth-order valence-electron chi connectivity index (χ4n) is 1.66. The molecule has 1 aromatic heterocycles. The van der Waals surface area contributed by atoms with Crippen LogP contribution in [0.3, 0.4) is 0 Å². The number of amides is 1. The summed E-state index contributed by atoms with van der Waals surface area (Å²) < 4.78 is 12.9. The maximum Gasteiger partial charge on any atom is 0.339 e. The summed E-state index contributed by atoms with van der Waals surface area (Å²) in [4.78, 5) is 27.4. The highest BCUT2D eigenvalue weighted by molar-refractivity contribution is 5.94. The fourth-order valence-corrected chi connectivity index (χ4v) is 1.66. The van der Waals surface area contributed by atoms with Gasteiger partial charge < -0.3 is 15.3 Å². The zero-order valence-corrected chi connectivity index (χ0v) is 8.81. The van der Waals surface area contributed by atoms with Crippen LogP contribution in [0.15, 0.2) is 12.3 Å². The van der Waals surface area contributed by atoms with Gasteiger partial charge in [-0.25, -0.2) is 14.2 Å². The van der Waals surface area contributed by atoms with Gasteiger partial charge in [-0.2, -0.15) is 0 Å². The highest BCUT2D eigenvalue weighted by Gasteiger charge is 2.23. The van der Waals surface area contributed by atoms with Gasteiger partial charge in [0.1, 0.15) is 17.2 Å². The molecule has 0 bridgehead atoms. The second-order valence-electron chi connectivity index (χ2n) is 3.60. The van der Waals surface area contributed by atoms with Gasteiger partial charge >= 0.3 is 5.97 Å². The predicted molar refractivity (Wildman–Crippen MR) is 56.4 cm³/mol. The van der Waals surface area contributed by atoms with Gasteiger partial charge in [0.05, 0.1) is 12.7 Å². The average molecular weight is 239 g/mol. The lowest BCUT2D eigenvalue weighted by Gasteiger charge is -2.28. The van der Waals surface area contributed by atoms with Crippen molar-refractivity contribution in [2.75, 3.05) is 24.5 Å². The van der Waals surface area contributed by atoms with Crippen molar-refractivity contribution in [1.29, 1.82) is 0 Å². The van der Waals surface area contributed by atoms with Crippen LogP contribution in [-0.2, 0) is 4.79 Å². The van der Waals surface area contributed by atoms with Gasteiger partial charge in [-0.15, -0.1) is 0 Å². The summed E-state index contributed by atoms with van der Waals surface area (Å²) in [5, 5.41) is 11.6. The van der Waals surface area contributed by atoms with E-state index >= 15 is 0 Å². The summed E-state index contributed by atoms with van der Waals surface area (Å²) in [6, 6.07) is 0.900. The van der Waals surface area contributed by atoms with E-state index in [1.54, 1.807) is 0 Å². The molecule has 1 aliphatic rings. The minimum Gasteiger partial charge on any atom is -0.478 e. The molecule has 0 spiro atoms. The first kappa shape index (κ1) is 11.3. The van der Waals surface area contributed by atoms with Crippen LogP contribution in [0.2, 0.25) is 0 Å². The largest absolute Gasteiger partial charge is 0.478 e. The molecule has 1 aromatic rings. The van der Waals surface area contributed by atoms with Gasteiger partial charge in [0.2, 0.25) is 5.91 Å². The number of hydrogen-bond acceptors (Lipinski definition) is 4. The molecule has 0 aromatic carbocycles. The van der Waals surface area contributed by atoms with E-state index in [-0.39, 0.29) is 23.8 Å². The summed E-state index contributed by atoms with van der Waals surface area (Å²) in [6.07, 6.45) is 0.939. The molecule has 7 heteroatoms. The van der Waals surface area contributed by atoms with Crippen LogP contribution in [0, 0.1) is 5.82 Å². The second kappa shape index (κ2) is 4.36. The van der Waals surface area contributed by atoms with E-state index in [9.17, 15) is 14.0 Å². The molecule has 1 saturated heterocycles.